The minimum Gasteiger partial charge on any atom is -0.310 e. The second kappa shape index (κ2) is 7.04. The van der Waals surface area contributed by atoms with Gasteiger partial charge in [-0.05, 0) is 38.6 Å². The Hall–Kier alpha value is -0.900. The van der Waals surface area contributed by atoms with Crippen molar-refractivity contribution >= 4 is 0 Å². The van der Waals surface area contributed by atoms with Gasteiger partial charge in [0.15, 0.2) is 0 Å². The largest absolute Gasteiger partial charge is 0.310 e. The first-order valence-electron chi connectivity index (χ1n) is 7.30. The minimum absolute atomic E-state index is 0.612. The van der Waals surface area contributed by atoms with E-state index in [1.165, 1.54) is 17.7 Å². The van der Waals surface area contributed by atoms with Crippen LogP contribution in [-0.4, -0.2) is 62.7 Å². The first-order chi connectivity index (χ1) is 9.15. The van der Waals surface area contributed by atoms with Crippen molar-refractivity contribution in [2.24, 2.45) is 0 Å². The number of piperazine rings is 1. The summed E-state index contributed by atoms with van der Waals surface area (Å²) in [4.78, 5) is 4.86. The number of nitrogens with zero attached hydrogens (tertiary/aromatic N) is 2. The fraction of sp³-hybridized carbons (Fsp3) is 0.625. The van der Waals surface area contributed by atoms with Crippen molar-refractivity contribution in [1.29, 1.82) is 0 Å². The molecular weight excluding hydrogens is 234 g/mol. The number of aryl methyl sites for hydroxylation is 1. The van der Waals surface area contributed by atoms with Gasteiger partial charge in [-0.25, -0.2) is 0 Å². The Morgan fingerprint density at radius 3 is 2.89 bits per heavy atom. The number of benzene rings is 1. The summed E-state index contributed by atoms with van der Waals surface area (Å²) in [5.41, 5.74) is 2.88. The van der Waals surface area contributed by atoms with Gasteiger partial charge in [0, 0.05) is 38.8 Å². The Labute approximate surface area is 117 Å². The summed E-state index contributed by atoms with van der Waals surface area (Å²) in [6.45, 7) is 7.92. The number of hydrogen-bond donors (Lipinski definition) is 1. The molecule has 1 aliphatic heterocycles. The van der Waals surface area contributed by atoms with Crippen molar-refractivity contribution in [3.8, 4) is 0 Å². The van der Waals surface area contributed by atoms with E-state index in [1.54, 1.807) is 0 Å². The van der Waals surface area contributed by atoms with E-state index in [4.69, 9.17) is 0 Å². The Kier molecular flexibility index (Phi) is 5.37. The lowest BCUT2D eigenvalue weighted by Crippen LogP contribution is -2.53. The minimum atomic E-state index is 0.612. The van der Waals surface area contributed by atoms with Gasteiger partial charge in [-0.3, -0.25) is 0 Å². The molecule has 0 saturated carbocycles. The Morgan fingerprint density at radius 1 is 1.37 bits per heavy atom. The molecule has 19 heavy (non-hydrogen) atoms. The molecule has 2 rings (SSSR count). The van der Waals surface area contributed by atoms with Gasteiger partial charge in [0.1, 0.15) is 0 Å². The second-order valence-electron chi connectivity index (χ2n) is 5.85. The van der Waals surface area contributed by atoms with Crippen molar-refractivity contribution in [1.82, 2.24) is 15.1 Å². The highest BCUT2D eigenvalue weighted by Gasteiger charge is 2.17. The van der Waals surface area contributed by atoms with E-state index >= 15 is 0 Å². The van der Waals surface area contributed by atoms with E-state index in [0.717, 1.165) is 32.6 Å². The standard InChI is InChI=1S/C16H27N3/c1-14-6-4-5-7-15(14)8-10-18(2)12-16-13-19(3)11-9-17-16/h4-7,16-17H,8-13H2,1-3H3. The lowest BCUT2D eigenvalue weighted by atomic mass is 10.1. The van der Waals surface area contributed by atoms with E-state index in [-0.39, 0.29) is 0 Å². The third kappa shape index (κ3) is 4.60. The van der Waals surface area contributed by atoms with E-state index in [2.05, 4.69) is 60.4 Å². The summed E-state index contributed by atoms with van der Waals surface area (Å²) in [6.07, 6.45) is 1.14. The molecule has 0 bridgehead atoms. The molecule has 1 unspecified atom stereocenters. The lowest BCUT2D eigenvalue weighted by molar-refractivity contribution is 0.196. The van der Waals surface area contributed by atoms with Crippen LogP contribution in [0.15, 0.2) is 24.3 Å². The smallest absolute Gasteiger partial charge is 0.0322 e. The van der Waals surface area contributed by atoms with Gasteiger partial charge in [-0.2, -0.15) is 0 Å². The first-order valence-corrected chi connectivity index (χ1v) is 7.30. The second-order valence-corrected chi connectivity index (χ2v) is 5.85. The molecule has 3 heteroatoms. The van der Waals surface area contributed by atoms with Crippen molar-refractivity contribution in [2.75, 3.05) is 46.8 Å². The van der Waals surface area contributed by atoms with Crippen LogP contribution >= 0.6 is 0 Å². The highest BCUT2D eigenvalue weighted by Crippen LogP contribution is 2.08. The molecule has 0 amide bonds. The zero-order chi connectivity index (χ0) is 13.7. The van der Waals surface area contributed by atoms with Gasteiger partial charge >= 0.3 is 0 Å². The summed E-state index contributed by atoms with van der Waals surface area (Å²) < 4.78 is 0. The molecule has 0 spiro atoms. The van der Waals surface area contributed by atoms with Crippen LogP contribution in [0, 0.1) is 6.92 Å². The van der Waals surface area contributed by atoms with Crippen molar-refractivity contribution in [3.05, 3.63) is 35.4 Å². The van der Waals surface area contributed by atoms with Crippen LogP contribution in [0.25, 0.3) is 0 Å². The molecule has 1 fully saturated rings. The van der Waals surface area contributed by atoms with Gasteiger partial charge in [-0.15, -0.1) is 0 Å². The van der Waals surface area contributed by atoms with Crippen LogP contribution in [0.2, 0.25) is 0 Å². The van der Waals surface area contributed by atoms with Crippen molar-refractivity contribution < 1.29 is 0 Å². The molecule has 0 radical (unpaired) electrons. The Bertz CT molecular complexity index is 391. The quantitative estimate of drug-likeness (QED) is 0.864. The SMILES string of the molecule is Cc1ccccc1CCN(C)CC1CN(C)CCN1. The predicted octanol–water partition coefficient (Wildman–Crippen LogP) is 1.37. The van der Waals surface area contributed by atoms with Crippen LogP contribution in [0.5, 0.6) is 0 Å². The number of hydrogen-bond acceptors (Lipinski definition) is 3. The average Bonchev–Trinajstić information content (AvgIpc) is 2.38. The van der Waals surface area contributed by atoms with Crippen LogP contribution in [0.3, 0.4) is 0 Å². The van der Waals surface area contributed by atoms with Gasteiger partial charge in [0.2, 0.25) is 0 Å². The maximum Gasteiger partial charge on any atom is 0.0322 e. The van der Waals surface area contributed by atoms with E-state index < -0.39 is 0 Å². The van der Waals surface area contributed by atoms with Gasteiger partial charge < -0.3 is 15.1 Å². The van der Waals surface area contributed by atoms with E-state index in [9.17, 15) is 0 Å². The molecule has 1 aromatic carbocycles. The normalized spacial score (nSPS) is 20.9. The lowest BCUT2D eigenvalue weighted by Gasteiger charge is -2.33. The molecule has 3 nitrogen and oxygen atoms in total. The zero-order valence-corrected chi connectivity index (χ0v) is 12.5. The van der Waals surface area contributed by atoms with Gasteiger partial charge in [0.05, 0.1) is 0 Å². The monoisotopic (exact) mass is 261 g/mol. The highest BCUT2D eigenvalue weighted by atomic mass is 15.2. The summed E-state index contributed by atoms with van der Waals surface area (Å²) in [5, 5.41) is 3.61. The summed E-state index contributed by atoms with van der Waals surface area (Å²) >= 11 is 0. The molecule has 1 aromatic rings. The summed E-state index contributed by atoms with van der Waals surface area (Å²) in [7, 11) is 4.44. The van der Waals surface area contributed by atoms with E-state index in [1.807, 2.05) is 0 Å². The molecule has 1 heterocycles. The fourth-order valence-electron chi connectivity index (χ4n) is 2.78. The molecule has 1 aliphatic rings. The molecule has 1 saturated heterocycles. The van der Waals surface area contributed by atoms with Gasteiger partial charge in [0.25, 0.3) is 0 Å². The summed E-state index contributed by atoms with van der Waals surface area (Å²) in [5.74, 6) is 0. The third-order valence-corrected chi connectivity index (χ3v) is 4.01. The average molecular weight is 261 g/mol. The maximum absolute atomic E-state index is 3.61. The number of rotatable bonds is 5. The highest BCUT2D eigenvalue weighted by molar-refractivity contribution is 5.25. The fourth-order valence-corrected chi connectivity index (χ4v) is 2.78. The van der Waals surface area contributed by atoms with E-state index in [0.29, 0.717) is 6.04 Å². The predicted molar refractivity (Wildman–Crippen MR) is 81.7 cm³/mol. The van der Waals surface area contributed by atoms with Crippen molar-refractivity contribution in [2.45, 2.75) is 19.4 Å². The number of nitrogens with one attached hydrogen (secondary N) is 1. The Balaban J connectivity index is 1.75. The molecule has 0 aromatic heterocycles. The topological polar surface area (TPSA) is 18.5 Å². The first kappa shape index (κ1) is 14.5. The number of likely N-dealkylation sites (N-methyl/N-ethyl adjacent to an activating group) is 2. The molecule has 1 atom stereocenters. The molecule has 0 aliphatic carbocycles. The zero-order valence-electron chi connectivity index (χ0n) is 12.5. The summed E-state index contributed by atoms with van der Waals surface area (Å²) in [6, 6.07) is 9.31. The van der Waals surface area contributed by atoms with Crippen LogP contribution < -0.4 is 5.32 Å². The maximum atomic E-state index is 3.61. The van der Waals surface area contributed by atoms with Gasteiger partial charge in [-0.1, -0.05) is 24.3 Å². The van der Waals surface area contributed by atoms with Crippen molar-refractivity contribution in [3.63, 3.8) is 0 Å². The third-order valence-electron chi connectivity index (χ3n) is 4.01. The molecule has 106 valence electrons. The van der Waals surface area contributed by atoms with Crippen LogP contribution in [0.4, 0.5) is 0 Å². The molecular formula is C16H27N3. The van der Waals surface area contributed by atoms with Crippen LogP contribution in [-0.2, 0) is 6.42 Å². The van der Waals surface area contributed by atoms with Crippen LogP contribution in [0.1, 0.15) is 11.1 Å². The Morgan fingerprint density at radius 2 is 2.16 bits per heavy atom. The molecule has 1 N–H and O–H groups in total.